The number of hydrogen-bond acceptors (Lipinski definition) is 2. The summed E-state index contributed by atoms with van der Waals surface area (Å²) in [5.41, 5.74) is 0. The van der Waals surface area contributed by atoms with Gasteiger partial charge in [-0.05, 0) is 0 Å². The standard InChI is InChI=1S/C4H4O2.ClH/c1-2-6-4-3-5-1;/h1-4H;1H. The fourth-order valence-electron chi connectivity index (χ4n) is 0.219. The third-order valence-corrected chi connectivity index (χ3v) is 0.425. The molecule has 0 unspecified atom stereocenters. The second-order valence-electron chi connectivity index (χ2n) is 0.816. The zero-order valence-electron chi connectivity index (χ0n) is 3.53. The zero-order chi connectivity index (χ0) is 4.24. The van der Waals surface area contributed by atoms with Crippen LogP contribution in [0.5, 0.6) is 0 Å². The monoisotopic (exact) mass is 120 g/mol. The maximum absolute atomic E-state index is 4.58. The highest BCUT2D eigenvalue weighted by Crippen LogP contribution is 1.89. The Bertz CT molecular complexity index is 67.7. The van der Waals surface area contributed by atoms with E-state index < -0.39 is 0 Å². The van der Waals surface area contributed by atoms with Gasteiger partial charge in [-0.25, -0.2) is 0 Å². The Morgan fingerprint density at radius 2 is 1.00 bits per heavy atom. The predicted molar refractivity (Wildman–Crippen MR) is 27.7 cm³/mol. The van der Waals surface area contributed by atoms with Crippen LogP contribution in [-0.2, 0) is 9.47 Å². The molecule has 7 heavy (non-hydrogen) atoms. The van der Waals surface area contributed by atoms with Crippen molar-refractivity contribution in [2.45, 2.75) is 0 Å². The molecule has 0 aromatic rings. The molecule has 0 radical (unpaired) electrons. The maximum atomic E-state index is 4.58. The fourth-order valence-corrected chi connectivity index (χ4v) is 0.219. The van der Waals surface area contributed by atoms with Gasteiger partial charge in [0.15, 0.2) is 0 Å². The summed E-state index contributed by atoms with van der Waals surface area (Å²) in [6, 6.07) is 0. The maximum Gasteiger partial charge on any atom is 0.125 e. The summed E-state index contributed by atoms with van der Waals surface area (Å²) < 4.78 is 9.17. The molecule has 1 rings (SSSR count). The second-order valence-corrected chi connectivity index (χ2v) is 0.816. The van der Waals surface area contributed by atoms with E-state index in [-0.39, 0.29) is 12.4 Å². The average Bonchev–Trinajstić information content (AvgIpc) is 1.72. The van der Waals surface area contributed by atoms with Crippen LogP contribution in [0.25, 0.3) is 0 Å². The Hall–Kier alpha value is -0.630. The van der Waals surface area contributed by atoms with Crippen LogP contribution in [-0.4, -0.2) is 0 Å². The Morgan fingerprint density at radius 3 is 1.14 bits per heavy atom. The summed E-state index contributed by atoms with van der Waals surface area (Å²) in [5.74, 6) is 0. The highest BCUT2D eigenvalue weighted by Gasteiger charge is 1.74. The van der Waals surface area contributed by atoms with Gasteiger partial charge in [-0.15, -0.1) is 12.4 Å². The molecule has 0 atom stereocenters. The Kier molecular flexibility index (Phi) is 3.24. The van der Waals surface area contributed by atoms with Gasteiger partial charge in [-0.3, -0.25) is 0 Å². The second kappa shape index (κ2) is 3.56. The van der Waals surface area contributed by atoms with Gasteiger partial charge in [0.1, 0.15) is 25.0 Å². The lowest BCUT2D eigenvalue weighted by atomic mass is 10.9. The average molecular weight is 121 g/mol. The first-order chi connectivity index (χ1) is 3.00. The van der Waals surface area contributed by atoms with Crippen LogP contribution < -0.4 is 0 Å². The molecular weight excluding hydrogens is 115 g/mol. The van der Waals surface area contributed by atoms with Gasteiger partial charge in [0.05, 0.1) is 0 Å². The molecule has 3 heteroatoms. The molecule has 0 fully saturated rings. The molecular formula is C4H5ClO2. The molecule has 0 saturated heterocycles. The number of hydrogen-bond donors (Lipinski definition) is 0. The first kappa shape index (κ1) is 6.37. The van der Waals surface area contributed by atoms with Crippen molar-refractivity contribution < 1.29 is 9.47 Å². The topological polar surface area (TPSA) is 18.5 Å². The van der Waals surface area contributed by atoms with E-state index in [0.717, 1.165) is 0 Å². The van der Waals surface area contributed by atoms with Crippen LogP contribution in [0.4, 0.5) is 0 Å². The predicted octanol–water partition coefficient (Wildman–Crippen LogP) is 1.40. The zero-order valence-corrected chi connectivity index (χ0v) is 4.35. The molecule has 1 heterocycles. The summed E-state index contributed by atoms with van der Waals surface area (Å²) >= 11 is 0. The summed E-state index contributed by atoms with van der Waals surface area (Å²) in [4.78, 5) is 0. The highest BCUT2D eigenvalue weighted by molar-refractivity contribution is 5.85. The van der Waals surface area contributed by atoms with E-state index in [4.69, 9.17) is 0 Å². The molecule has 1 aliphatic heterocycles. The van der Waals surface area contributed by atoms with E-state index in [9.17, 15) is 0 Å². The van der Waals surface area contributed by atoms with Crippen LogP contribution in [0.2, 0.25) is 0 Å². The van der Waals surface area contributed by atoms with Crippen molar-refractivity contribution in [1.82, 2.24) is 0 Å². The van der Waals surface area contributed by atoms with E-state index >= 15 is 0 Å². The lowest BCUT2D eigenvalue weighted by molar-refractivity contribution is 0.290. The smallest absolute Gasteiger partial charge is 0.125 e. The van der Waals surface area contributed by atoms with Gasteiger partial charge >= 0.3 is 0 Å². The highest BCUT2D eigenvalue weighted by atomic mass is 35.5. The van der Waals surface area contributed by atoms with Gasteiger partial charge in [-0.1, -0.05) is 0 Å². The quantitative estimate of drug-likeness (QED) is 0.481. The van der Waals surface area contributed by atoms with Gasteiger partial charge in [0, 0.05) is 0 Å². The van der Waals surface area contributed by atoms with Crippen LogP contribution in [0.1, 0.15) is 0 Å². The Balaban J connectivity index is 0.000000360. The largest absolute Gasteiger partial charge is 0.466 e. The van der Waals surface area contributed by atoms with Crippen LogP contribution in [0, 0.1) is 0 Å². The molecule has 1 aliphatic rings. The molecule has 0 bridgehead atoms. The van der Waals surface area contributed by atoms with Crippen molar-refractivity contribution in [2.75, 3.05) is 0 Å². The molecule has 0 aromatic carbocycles. The summed E-state index contributed by atoms with van der Waals surface area (Å²) in [6.07, 6.45) is 5.83. The van der Waals surface area contributed by atoms with Crippen molar-refractivity contribution >= 4 is 12.4 Å². The van der Waals surface area contributed by atoms with E-state index in [1.807, 2.05) is 0 Å². The first-order valence-corrected chi connectivity index (χ1v) is 1.61. The van der Waals surface area contributed by atoms with Gasteiger partial charge in [0.2, 0.25) is 0 Å². The van der Waals surface area contributed by atoms with E-state index in [0.29, 0.717) is 0 Å². The molecule has 0 spiro atoms. The number of halogens is 1. The molecule has 0 aromatic heterocycles. The minimum atomic E-state index is 0. The molecule has 0 aliphatic carbocycles. The number of ether oxygens (including phenoxy) is 2. The van der Waals surface area contributed by atoms with Crippen LogP contribution in [0.15, 0.2) is 25.0 Å². The van der Waals surface area contributed by atoms with Gasteiger partial charge in [-0.2, -0.15) is 0 Å². The summed E-state index contributed by atoms with van der Waals surface area (Å²) in [6.45, 7) is 0. The van der Waals surface area contributed by atoms with Crippen LogP contribution >= 0.6 is 12.4 Å². The summed E-state index contributed by atoms with van der Waals surface area (Å²) in [7, 11) is 0. The lowest BCUT2D eigenvalue weighted by Gasteiger charge is -1.94. The third-order valence-electron chi connectivity index (χ3n) is 0.425. The number of rotatable bonds is 0. The van der Waals surface area contributed by atoms with Crippen molar-refractivity contribution in [1.29, 1.82) is 0 Å². The molecule has 0 amide bonds. The summed E-state index contributed by atoms with van der Waals surface area (Å²) in [5, 5.41) is 0. The molecule has 0 saturated carbocycles. The van der Waals surface area contributed by atoms with Crippen molar-refractivity contribution in [3.8, 4) is 0 Å². The Morgan fingerprint density at radius 1 is 0.714 bits per heavy atom. The third kappa shape index (κ3) is 2.11. The fraction of sp³-hybridized carbons (Fsp3) is 0. The van der Waals surface area contributed by atoms with E-state index in [1.54, 1.807) is 0 Å². The van der Waals surface area contributed by atoms with Crippen molar-refractivity contribution in [3.05, 3.63) is 25.0 Å². The van der Waals surface area contributed by atoms with Crippen molar-refractivity contribution in [3.63, 3.8) is 0 Å². The molecule has 0 N–H and O–H groups in total. The lowest BCUT2D eigenvalue weighted by Crippen LogP contribution is -1.74. The minimum Gasteiger partial charge on any atom is -0.466 e. The van der Waals surface area contributed by atoms with E-state index in [2.05, 4.69) is 9.47 Å². The van der Waals surface area contributed by atoms with Crippen LogP contribution in [0.3, 0.4) is 0 Å². The van der Waals surface area contributed by atoms with Gasteiger partial charge in [0.25, 0.3) is 0 Å². The minimum absolute atomic E-state index is 0. The molecule has 2 nitrogen and oxygen atoms in total. The van der Waals surface area contributed by atoms with Gasteiger partial charge < -0.3 is 9.47 Å². The van der Waals surface area contributed by atoms with E-state index in [1.165, 1.54) is 25.0 Å². The first-order valence-electron chi connectivity index (χ1n) is 1.61. The molecule has 40 valence electrons. The van der Waals surface area contributed by atoms with Crippen molar-refractivity contribution in [2.24, 2.45) is 0 Å². The normalized spacial score (nSPS) is 13.7. The Labute approximate surface area is 47.8 Å². The SMILES string of the molecule is C1=COC=CO1.Cl.